The van der Waals surface area contributed by atoms with Crippen LogP contribution in [0.2, 0.25) is 6.32 Å². The maximum Gasteiger partial charge on any atom is 0.455 e. The number of benzene rings is 2. The number of hydrogen-bond acceptors (Lipinski definition) is 5. The molecule has 4 atom stereocenters. The second-order valence-corrected chi connectivity index (χ2v) is 10.9. The van der Waals surface area contributed by atoms with Gasteiger partial charge in [0.1, 0.15) is 5.75 Å². The Kier molecular flexibility index (Phi) is 7.24. The van der Waals surface area contributed by atoms with Crippen LogP contribution in [0.4, 0.5) is 0 Å². The van der Waals surface area contributed by atoms with Crippen LogP contribution in [-0.2, 0) is 4.65 Å². The van der Waals surface area contributed by atoms with Gasteiger partial charge in [-0.2, -0.15) is 0 Å². The molecular formula is C31H35BO5. The molecule has 1 fully saturated rings. The number of rotatable bonds is 6. The Morgan fingerprint density at radius 2 is 1.73 bits per heavy atom. The summed E-state index contributed by atoms with van der Waals surface area (Å²) in [5.41, 5.74) is 5.34. The molecule has 0 radical (unpaired) electrons. The summed E-state index contributed by atoms with van der Waals surface area (Å²) in [6, 6.07) is 14.5. The van der Waals surface area contributed by atoms with Crippen LogP contribution < -0.4 is 0 Å². The normalized spacial score (nSPS) is 25.8. The molecule has 0 unspecified atom stereocenters. The lowest BCUT2D eigenvalue weighted by Gasteiger charge is -2.48. The van der Waals surface area contributed by atoms with Crippen molar-refractivity contribution in [1.29, 1.82) is 0 Å². The van der Waals surface area contributed by atoms with Gasteiger partial charge in [-0.3, -0.25) is 9.59 Å². The van der Waals surface area contributed by atoms with Crippen LogP contribution in [0.3, 0.4) is 0 Å². The molecule has 0 amide bonds. The molecule has 5 rings (SSSR count). The molecule has 2 N–H and O–H groups in total. The molecular weight excluding hydrogens is 463 g/mol. The average Bonchev–Trinajstić information content (AvgIpc) is 2.89. The van der Waals surface area contributed by atoms with Gasteiger partial charge in [-0.15, -0.1) is 0 Å². The van der Waals surface area contributed by atoms with Crippen LogP contribution in [0.25, 0.3) is 6.08 Å². The number of fused-ring (bicyclic) bond motifs is 4. The zero-order valence-corrected chi connectivity index (χ0v) is 21.8. The van der Waals surface area contributed by atoms with Gasteiger partial charge in [0.25, 0.3) is 0 Å². The van der Waals surface area contributed by atoms with E-state index in [2.05, 4.69) is 20.8 Å². The van der Waals surface area contributed by atoms with Gasteiger partial charge in [-0.05, 0) is 55.5 Å². The van der Waals surface area contributed by atoms with E-state index in [-0.39, 0.29) is 41.2 Å². The minimum absolute atomic E-state index is 0.0204. The largest absolute Gasteiger partial charge is 0.507 e. The second kappa shape index (κ2) is 10.4. The van der Waals surface area contributed by atoms with Gasteiger partial charge in [0, 0.05) is 28.5 Å². The Balaban J connectivity index is 1.49. The maximum absolute atomic E-state index is 13.8. The third-order valence-corrected chi connectivity index (χ3v) is 8.47. The van der Waals surface area contributed by atoms with Gasteiger partial charge >= 0.3 is 7.12 Å². The number of aromatic hydroxyl groups is 1. The highest BCUT2D eigenvalue weighted by Gasteiger charge is 2.53. The van der Waals surface area contributed by atoms with Crippen molar-refractivity contribution in [2.24, 2.45) is 23.7 Å². The molecule has 2 aliphatic carbocycles. The van der Waals surface area contributed by atoms with E-state index in [0.717, 1.165) is 24.0 Å². The summed E-state index contributed by atoms with van der Waals surface area (Å²) in [6.07, 6.45) is 4.86. The van der Waals surface area contributed by atoms with Crippen molar-refractivity contribution in [2.75, 3.05) is 0 Å². The summed E-state index contributed by atoms with van der Waals surface area (Å²) in [5.74, 6) is -0.512. The van der Waals surface area contributed by atoms with Gasteiger partial charge in [0.2, 0.25) is 0 Å². The summed E-state index contributed by atoms with van der Waals surface area (Å²) in [5, 5.41) is 21.0. The van der Waals surface area contributed by atoms with E-state index in [1.807, 2.05) is 36.4 Å². The topological polar surface area (TPSA) is 83.8 Å². The van der Waals surface area contributed by atoms with Crippen LogP contribution >= 0.6 is 0 Å². The fraction of sp³-hybridized carbons (Fsp3) is 0.419. The van der Waals surface area contributed by atoms with Crippen molar-refractivity contribution < 1.29 is 24.4 Å². The molecule has 1 aliphatic heterocycles. The van der Waals surface area contributed by atoms with Gasteiger partial charge in [0.15, 0.2) is 11.6 Å². The first-order valence-corrected chi connectivity index (χ1v) is 13.5. The highest BCUT2D eigenvalue weighted by molar-refractivity contribution is 6.43. The number of allylic oxidation sites excluding steroid dienone is 2. The van der Waals surface area contributed by atoms with Crippen molar-refractivity contribution in [1.82, 2.24) is 0 Å². The van der Waals surface area contributed by atoms with Gasteiger partial charge < -0.3 is 14.8 Å². The Morgan fingerprint density at radius 1 is 1.05 bits per heavy atom. The van der Waals surface area contributed by atoms with Gasteiger partial charge in [-0.25, -0.2) is 0 Å². The minimum Gasteiger partial charge on any atom is -0.507 e. The second-order valence-electron chi connectivity index (χ2n) is 10.9. The van der Waals surface area contributed by atoms with Crippen molar-refractivity contribution in [3.8, 4) is 5.75 Å². The van der Waals surface area contributed by atoms with Crippen LogP contribution in [0, 0.1) is 23.7 Å². The summed E-state index contributed by atoms with van der Waals surface area (Å²) in [4.78, 5) is 27.3. The lowest BCUT2D eigenvalue weighted by Crippen LogP contribution is -2.51. The summed E-state index contributed by atoms with van der Waals surface area (Å²) < 4.78 is 6.14. The highest BCUT2D eigenvalue weighted by Crippen LogP contribution is 2.52. The van der Waals surface area contributed by atoms with E-state index in [1.165, 1.54) is 11.1 Å². The molecule has 2 aromatic rings. The molecule has 1 heterocycles. The molecule has 6 heteroatoms. The number of phenolic OH excluding ortho intramolecular Hbond substituents is 1. The zero-order valence-electron chi connectivity index (χ0n) is 21.8. The van der Waals surface area contributed by atoms with Gasteiger partial charge in [0.05, 0.1) is 6.10 Å². The first kappa shape index (κ1) is 25.7. The van der Waals surface area contributed by atoms with E-state index in [0.29, 0.717) is 30.3 Å². The van der Waals surface area contributed by atoms with Crippen molar-refractivity contribution in [3.63, 3.8) is 0 Å². The molecule has 37 heavy (non-hydrogen) atoms. The maximum atomic E-state index is 13.8. The standard InChI is InChI=1S/C31H35BO5/c1-4-19(15-20-9-5-8-12-26(20)33)13-14-27-28-23(18(2)3)16-24-29(25(28)17-32(36)37-27)31(35)22-11-7-6-10-21(22)30(24)34/h5-12,15,18,24-25,27,29,33,36H,4,13-14,16-17H2,1-3H3/b19-15+/t24-,25+,27-,29-/m1/s1. The van der Waals surface area contributed by atoms with E-state index in [1.54, 1.807) is 18.2 Å². The smallest absolute Gasteiger partial charge is 0.455 e. The van der Waals surface area contributed by atoms with Crippen LogP contribution in [0.5, 0.6) is 5.75 Å². The Bertz CT molecular complexity index is 1280. The molecule has 5 nitrogen and oxygen atoms in total. The lowest BCUT2D eigenvalue weighted by molar-refractivity contribution is 0.0593. The minimum atomic E-state index is -0.974. The highest BCUT2D eigenvalue weighted by atomic mass is 16.5. The Labute approximate surface area is 219 Å². The molecule has 2 aromatic carbocycles. The molecule has 0 spiro atoms. The summed E-state index contributed by atoms with van der Waals surface area (Å²) >= 11 is 0. The lowest BCUT2D eigenvalue weighted by atomic mass is 9.53. The Hall–Kier alpha value is -2.96. The molecule has 0 aromatic heterocycles. The van der Waals surface area contributed by atoms with Gasteiger partial charge in [-0.1, -0.05) is 80.5 Å². The fourth-order valence-corrected chi connectivity index (χ4v) is 6.65. The fourth-order valence-electron chi connectivity index (χ4n) is 6.65. The monoisotopic (exact) mass is 498 g/mol. The Morgan fingerprint density at radius 3 is 2.41 bits per heavy atom. The molecule has 0 bridgehead atoms. The molecule has 1 saturated heterocycles. The molecule has 192 valence electrons. The number of carbonyl (C=O) groups excluding carboxylic acids is 2. The van der Waals surface area contributed by atoms with Crippen LogP contribution in [0.1, 0.15) is 72.7 Å². The number of Topliss-reactive ketones (excluding diaryl/α,β-unsaturated/α-hetero) is 2. The SMILES string of the molecule is CC/C(=C\c1ccccc1O)CC[C@H]1OB(O)C[C@H]2C1=C(C(C)C)C[C@H]1C(=O)c3ccccc3C(=O)[C@H]12. The third kappa shape index (κ3) is 4.73. The molecule has 0 saturated carbocycles. The van der Waals surface area contributed by atoms with Crippen LogP contribution in [0.15, 0.2) is 65.3 Å². The number of phenols is 1. The third-order valence-electron chi connectivity index (χ3n) is 8.47. The predicted molar refractivity (Wildman–Crippen MR) is 145 cm³/mol. The van der Waals surface area contributed by atoms with Crippen molar-refractivity contribution >= 4 is 24.8 Å². The summed E-state index contributed by atoms with van der Waals surface area (Å²) in [6.45, 7) is 6.37. The van der Waals surface area contributed by atoms with Crippen molar-refractivity contribution in [3.05, 3.63) is 81.9 Å². The van der Waals surface area contributed by atoms with E-state index in [9.17, 15) is 19.7 Å². The average molecular weight is 498 g/mol. The first-order valence-electron chi connectivity index (χ1n) is 13.5. The number of carbonyl (C=O) groups is 2. The quantitative estimate of drug-likeness (QED) is 0.370. The summed E-state index contributed by atoms with van der Waals surface area (Å²) in [7, 11) is -0.974. The number of para-hydroxylation sites is 1. The molecule has 3 aliphatic rings. The van der Waals surface area contributed by atoms with Crippen molar-refractivity contribution in [2.45, 2.75) is 58.9 Å². The zero-order chi connectivity index (χ0) is 26.3. The number of ketones is 2. The van der Waals surface area contributed by atoms with E-state index in [4.69, 9.17) is 4.65 Å². The number of hydrogen-bond donors (Lipinski definition) is 2. The van der Waals surface area contributed by atoms with E-state index < -0.39 is 13.0 Å². The predicted octanol–water partition coefficient (Wildman–Crippen LogP) is 6.13. The first-order chi connectivity index (χ1) is 17.8. The van der Waals surface area contributed by atoms with E-state index >= 15 is 0 Å². The van der Waals surface area contributed by atoms with Crippen LogP contribution in [-0.4, -0.2) is 34.9 Å².